The highest BCUT2D eigenvalue weighted by molar-refractivity contribution is 6.26. The molecule has 10 aromatic carbocycles. The van der Waals surface area contributed by atoms with Crippen molar-refractivity contribution in [1.82, 2.24) is 0 Å². The Morgan fingerprint density at radius 2 is 0.875 bits per heavy atom. The molecule has 56 heavy (non-hydrogen) atoms. The number of fused-ring (bicyclic) bond motifs is 10. The Morgan fingerprint density at radius 3 is 1.61 bits per heavy atom. The highest BCUT2D eigenvalue weighted by atomic mass is 16.3. The molecular weight excluding hydrogens is 681 g/mol. The lowest BCUT2D eigenvalue weighted by Crippen LogP contribution is -1.91. The lowest BCUT2D eigenvalue weighted by atomic mass is 9.85. The smallest absolute Gasteiger partial charge is 0.136 e. The summed E-state index contributed by atoms with van der Waals surface area (Å²) in [6.07, 6.45) is 0. The molecule has 0 spiro atoms. The molecule has 2 heteroatoms. The molecule has 0 amide bonds. The second-order valence-corrected chi connectivity index (χ2v) is 14.2. The molecule has 0 bridgehead atoms. The van der Waals surface area contributed by atoms with Crippen LogP contribution in [-0.2, 0) is 0 Å². The van der Waals surface area contributed by atoms with Gasteiger partial charge in [-0.2, -0.15) is 0 Å². The Kier molecular flexibility index (Phi) is 5.18. The molecule has 0 aliphatic heterocycles. The number of furan rings is 2. The van der Waals surface area contributed by atoms with E-state index in [2.05, 4.69) is 18.2 Å². The Balaban J connectivity index is 1.11. The van der Waals surface area contributed by atoms with Gasteiger partial charge < -0.3 is 8.83 Å². The van der Waals surface area contributed by atoms with Crippen molar-refractivity contribution in [2.45, 2.75) is 0 Å². The van der Waals surface area contributed by atoms with Crippen molar-refractivity contribution >= 4 is 76.2 Å². The van der Waals surface area contributed by atoms with Gasteiger partial charge in [-0.3, -0.25) is 0 Å². The van der Waals surface area contributed by atoms with Gasteiger partial charge in [0, 0.05) is 21.5 Å². The fourth-order valence-corrected chi connectivity index (χ4v) is 8.63. The van der Waals surface area contributed by atoms with Gasteiger partial charge >= 0.3 is 0 Å². The van der Waals surface area contributed by atoms with Gasteiger partial charge in [-0.15, -0.1) is 0 Å². The molecule has 0 unspecified atom stereocenters. The molecule has 0 saturated heterocycles. The molecule has 0 aliphatic carbocycles. The van der Waals surface area contributed by atoms with Gasteiger partial charge in [0.1, 0.15) is 22.3 Å². The summed E-state index contributed by atoms with van der Waals surface area (Å²) < 4.78 is 85.9. The van der Waals surface area contributed by atoms with E-state index in [4.69, 9.17) is 14.3 Å². The van der Waals surface area contributed by atoms with Gasteiger partial charge in [-0.05, 0) is 119 Å². The van der Waals surface area contributed by atoms with Crippen LogP contribution < -0.4 is 0 Å². The van der Waals surface area contributed by atoms with E-state index in [0.717, 1.165) is 76.9 Å². The normalized spacial score (nSPS) is 13.9. The first-order valence-electron chi connectivity index (χ1n) is 22.5. The molecule has 0 fully saturated rings. The summed E-state index contributed by atoms with van der Waals surface area (Å²) in [4.78, 5) is 0. The van der Waals surface area contributed by atoms with Crippen molar-refractivity contribution in [2.75, 3.05) is 0 Å². The van der Waals surface area contributed by atoms with Gasteiger partial charge in [-0.1, -0.05) is 151 Å². The Labute approximate surface area is 333 Å². The average Bonchev–Trinajstić information content (AvgIpc) is 3.90. The third-order valence-electron chi connectivity index (χ3n) is 11.1. The van der Waals surface area contributed by atoms with Crippen LogP contribution in [0.5, 0.6) is 0 Å². The largest absolute Gasteiger partial charge is 0.456 e. The zero-order valence-corrected chi connectivity index (χ0v) is 29.7. The average molecular weight is 721 g/mol. The van der Waals surface area contributed by atoms with Gasteiger partial charge in [0.25, 0.3) is 0 Å². The minimum atomic E-state index is -0.436. The van der Waals surface area contributed by atoms with Crippen LogP contribution in [0.1, 0.15) is 11.0 Å². The first-order valence-corrected chi connectivity index (χ1v) is 18.5. The third kappa shape index (κ3) is 4.63. The quantitative estimate of drug-likeness (QED) is 0.169. The van der Waals surface area contributed by atoms with Crippen molar-refractivity contribution < 1.29 is 19.8 Å². The SMILES string of the molecule is [2H]c1c([2H])c([2H])c2c(-c3ccc4c(-c5ccc6c(c5)oc5ccc7oc8ccccc8c7c56)cccc4c3)c3c([2H])c([2H])c([2H])c([2H])c3c(-c3cccc(-c4ccccc4)c3)c2c1[2H]. The molecule has 0 atom stereocenters. The van der Waals surface area contributed by atoms with Crippen LogP contribution in [0.3, 0.4) is 0 Å². The van der Waals surface area contributed by atoms with E-state index in [1.807, 2.05) is 127 Å². The second-order valence-electron chi connectivity index (χ2n) is 14.2. The molecule has 2 heterocycles. The van der Waals surface area contributed by atoms with E-state index in [-0.39, 0.29) is 45.7 Å². The minimum absolute atomic E-state index is 0.175. The third-order valence-corrected chi connectivity index (χ3v) is 11.1. The molecular formula is C54H32O2. The van der Waals surface area contributed by atoms with Crippen LogP contribution in [0.15, 0.2) is 203 Å². The minimum Gasteiger partial charge on any atom is -0.456 e. The summed E-state index contributed by atoms with van der Waals surface area (Å²) in [7, 11) is 0. The van der Waals surface area contributed by atoms with Crippen molar-refractivity contribution in [3.8, 4) is 44.5 Å². The fourth-order valence-electron chi connectivity index (χ4n) is 8.63. The van der Waals surface area contributed by atoms with E-state index in [0.29, 0.717) is 22.3 Å². The van der Waals surface area contributed by atoms with E-state index < -0.39 is 24.2 Å². The Hall–Kier alpha value is -7.42. The number of para-hydroxylation sites is 1. The maximum atomic E-state index is 9.44. The van der Waals surface area contributed by atoms with Crippen LogP contribution in [0.25, 0.3) is 121 Å². The highest BCUT2D eigenvalue weighted by Crippen LogP contribution is 2.46. The standard InChI is InChI=1S/C54H32O2/c1-2-12-33(13-3-1)34-14-10-16-37(30-34)51-41-17-4-6-19-43(41)52(44-20-7-5-18-42(44)51)38-25-26-40-35(31-38)15-11-22-39(40)36-24-27-46-50(32-36)56-49-29-28-48-53(54(46)49)45-21-8-9-23-47(45)55-48/h1-32H/i4D,5D,6D,7D,17D,18D,19D,20D. The van der Waals surface area contributed by atoms with Crippen molar-refractivity contribution in [2.24, 2.45) is 0 Å². The second kappa shape index (κ2) is 12.0. The van der Waals surface area contributed by atoms with Crippen LogP contribution in [-0.4, -0.2) is 0 Å². The highest BCUT2D eigenvalue weighted by Gasteiger charge is 2.19. The van der Waals surface area contributed by atoms with Crippen LogP contribution >= 0.6 is 0 Å². The molecule has 0 N–H and O–H groups in total. The maximum Gasteiger partial charge on any atom is 0.136 e. The number of hydrogen-bond acceptors (Lipinski definition) is 2. The predicted molar refractivity (Wildman–Crippen MR) is 235 cm³/mol. The molecule has 12 rings (SSSR count). The van der Waals surface area contributed by atoms with Crippen molar-refractivity contribution in [3.05, 3.63) is 194 Å². The topological polar surface area (TPSA) is 26.3 Å². The number of benzene rings is 10. The summed E-state index contributed by atoms with van der Waals surface area (Å²) in [5.74, 6) is 0. The van der Waals surface area contributed by atoms with E-state index in [1.54, 1.807) is 0 Å². The number of rotatable bonds is 4. The first-order chi connectivity index (χ1) is 31.1. The van der Waals surface area contributed by atoms with Crippen LogP contribution in [0.2, 0.25) is 0 Å². The van der Waals surface area contributed by atoms with Crippen molar-refractivity contribution in [1.29, 1.82) is 0 Å². The first kappa shape index (κ1) is 24.1. The zero-order valence-electron chi connectivity index (χ0n) is 37.7. The summed E-state index contributed by atoms with van der Waals surface area (Å²) in [5, 5.41) is 6.46. The predicted octanol–water partition coefficient (Wildman–Crippen LogP) is 15.6. The fraction of sp³-hybridized carbons (Fsp3) is 0. The molecule has 0 saturated carbocycles. The summed E-state index contributed by atoms with van der Waals surface area (Å²) in [5.41, 5.74) is 8.48. The Bertz CT molecular complexity index is 3920. The van der Waals surface area contributed by atoms with Gasteiger partial charge in [0.2, 0.25) is 0 Å². The summed E-state index contributed by atoms with van der Waals surface area (Å²) in [6.45, 7) is 0. The monoisotopic (exact) mass is 720 g/mol. The molecule has 0 radical (unpaired) electrons. The van der Waals surface area contributed by atoms with Crippen LogP contribution in [0.4, 0.5) is 0 Å². The summed E-state index contributed by atoms with van der Waals surface area (Å²) in [6, 6.07) is 44.2. The van der Waals surface area contributed by atoms with Gasteiger partial charge in [-0.25, -0.2) is 0 Å². The zero-order chi connectivity index (χ0) is 43.7. The van der Waals surface area contributed by atoms with E-state index in [1.165, 1.54) is 0 Å². The number of hydrogen-bond donors (Lipinski definition) is 0. The van der Waals surface area contributed by atoms with E-state index in [9.17, 15) is 5.48 Å². The Morgan fingerprint density at radius 1 is 0.321 bits per heavy atom. The van der Waals surface area contributed by atoms with Gasteiger partial charge in [0.15, 0.2) is 0 Å². The molecule has 0 aliphatic rings. The maximum absolute atomic E-state index is 9.44. The molecule has 2 nitrogen and oxygen atoms in total. The molecule has 2 aromatic heterocycles. The lowest BCUT2D eigenvalue weighted by molar-refractivity contribution is 0.663. The summed E-state index contributed by atoms with van der Waals surface area (Å²) >= 11 is 0. The lowest BCUT2D eigenvalue weighted by Gasteiger charge is -2.18. The molecule has 260 valence electrons. The molecule has 12 aromatic rings. The van der Waals surface area contributed by atoms with Gasteiger partial charge in [0.05, 0.1) is 11.0 Å². The van der Waals surface area contributed by atoms with E-state index >= 15 is 0 Å². The van der Waals surface area contributed by atoms with Crippen LogP contribution in [0, 0.1) is 0 Å². The van der Waals surface area contributed by atoms with Crippen molar-refractivity contribution in [3.63, 3.8) is 0 Å².